The van der Waals surface area contributed by atoms with Crippen LogP contribution in [0.5, 0.6) is 5.75 Å². The van der Waals surface area contributed by atoms with Crippen LogP contribution in [0.15, 0.2) is 30.3 Å². The number of aryl methyl sites for hydroxylation is 1. The van der Waals surface area contributed by atoms with E-state index in [1.807, 2.05) is 12.1 Å². The van der Waals surface area contributed by atoms with E-state index in [1.54, 1.807) is 32.2 Å². The molecule has 0 unspecified atom stereocenters. The number of rotatable bonds is 3. The van der Waals surface area contributed by atoms with Crippen molar-refractivity contribution in [2.24, 2.45) is 7.05 Å². The largest absolute Gasteiger partial charge is 0.504 e. The molecule has 2 rings (SSSR count). The number of ketones is 1. The molecular weight excluding hydrogens is 264 g/mol. The Morgan fingerprint density at radius 1 is 1.42 bits per heavy atom. The number of benzene rings is 1. The number of hydrogen-bond donors (Lipinski definition) is 1. The van der Waals surface area contributed by atoms with Crippen molar-refractivity contribution in [2.45, 2.75) is 6.92 Å². The van der Waals surface area contributed by atoms with E-state index >= 15 is 0 Å². The highest BCUT2D eigenvalue weighted by molar-refractivity contribution is 6.32. The summed E-state index contributed by atoms with van der Waals surface area (Å²) in [5.74, 6) is -0.447. The fourth-order valence-electron chi connectivity index (χ4n) is 1.62. The van der Waals surface area contributed by atoms with Crippen molar-refractivity contribution in [2.75, 3.05) is 0 Å². The van der Waals surface area contributed by atoms with E-state index in [0.29, 0.717) is 10.7 Å². The normalized spacial score (nSPS) is 11.1. The van der Waals surface area contributed by atoms with Crippen molar-refractivity contribution in [1.29, 1.82) is 0 Å². The molecule has 0 radical (unpaired) electrons. The van der Waals surface area contributed by atoms with Crippen LogP contribution >= 0.6 is 11.6 Å². The number of aromatic hydroxyl groups is 1. The van der Waals surface area contributed by atoms with Gasteiger partial charge in [0.15, 0.2) is 11.4 Å². The first kappa shape index (κ1) is 13.4. The molecule has 4 nitrogen and oxygen atoms in total. The minimum absolute atomic E-state index is 0.0447. The molecule has 0 spiro atoms. The van der Waals surface area contributed by atoms with Crippen molar-refractivity contribution in [3.05, 3.63) is 52.3 Å². The molecular formula is C14H13ClN2O2. The van der Waals surface area contributed by atoms with Crippen LogP contribution in [0.25, 0.3) is 6.08 Å². The first-order valence-corrected chi connectivity index (χ1v) is 6.08. The fraction of sp³-hybridized carbons (Fsp3) is 0.143. The lowest BCUT2D eigenvalue weighted by atomic mass is 10.1. The molecule has 2 aromatic rings. The summed E-state index contributed by atoms with van der Waals surface area (Å²) in [6.45, 7) is 1.69. The summed E-state index contributed by atoms with van der Waals surface area (Å²) >= 11 is 5.98. The predicted molar refractivity (Wildman–Crippen MR) is 74.4 cm³/mol. The van der Waals surface area contributed by atoms with Crippen LogP contribution < -0.4 is 0 Å². The molecule has 0 bridgehead atoms. The van der Waals surface area contributed by atoms with Gasteiger partial charge < -0.3 is 5.11 Å². The number of aromatic nitrogens is 2. The number of carbonyl (C=O) groups is 1. The maximum Gasteiger partial charge on any atom is 0.209 e. The maximum absolute atomic E-state index is 11.9. The summed E-state index contributed by atoms with van der Waals surface area (Å²) < 4.78 is 1.46. The molecule has 0 aliphatic carbocycles. The summed E-state index contributed by atoms with van der Waals surface area (Å²) in [5.41, 5.74) is 1.34. The van der Waals surface area contributed by atoms with Gasteiger partial charge in [0.1, 0.15) is 0 Å². The van der Waals surface area contributed by atoms with Gasteiger partial charge in [0.25, 0.3) is 0 Å². The minimum atomic E-state index is -0.360. The molecule has 0 saturated heterocycles. The van der Waals surface area contributed by atoms with Gasteiger partial charge in [-0.1, -0.05) is 29.8 Å². The Balaban J connectivity index is 2.27. The molecule has 1 aromatic heterocycles. The smallest absolute Gasteiger partial charge is 0.209 e. The Hall–Kier alpha value is -2.07. The van der Waals surface area contributed by atoms with Crippen molar-refractivity contribution in [1.82, 2.24) is 9.78 Å². The molecule has 0 aliphatic rings. The van der Waals surface area contributed by atoms with Gasteiger partial charge in [0.2, 0.25) is 5.78 Å². The summed E-state index contributed by atoms with van der Waals surface area (Å²) in [7, 11) is 1.67. The van der Waals surface area contributed by atoms with Crippen LogP contribution in [-0.4, -0.2) is 20.7 Å². The molecule has 1 heterocycles. The summed E-state index contributed by atoms with van der Waals surface area (Å²) in [6.07, 6.45) is 2.96. The number of halogens is 1. The molecule has 0 aliphatic heterocycles. The van der Waals surface area contributed by atoms with Gasteiger partial charge in [0, 0.05) is 12.1 Å². The van der Waals surface area contributed by atoms with Gasteiger partial charge in [-0.3, -0.25) is 9.48 Å². The third kappa shape index (κ3) is 2.69. The van der Waals surface area contributed by atoms with E-state index in [-0.39, 0.29) is 17.2 Å². The topological polar surface area (TPSA) is 55.1 Å². The van der Waals surface area contributed by atoms with Crippen LogP contribution in [-0.2, 0) is 7.05 Å². The van der Waals surface area contributed by atoms with Crippen LogP contribution in [0.2, 0.25) is 5.02 Å². The van der Waals surface area contributed by atoms with E-state index in [4.69, 9.17) is 11.6 Å². The second-order valence-corrected chi connectivity index (χ2v) is 4.53. The summed E-state index contributed by atoms with van der Waals surface area (Å²) in [4.78, 5) is 11.9. The van der Waals surface area contributed by atoms with Gasteiger partial charge in [-0.2, -0.15) is 5.10 Å². The molecule has 1 N–H and O–H groups in total. The zero-order chi connectivity index (χ0) is 14.0. The molecule has 1 aromatic carbocycles. The quantitative estimate of drug-likeness (QED) is 0.693. The third-order valence-corrected chi connectivity index (χ3v) is 3.20. The van der Waals surface area contributed by atoms with E-state index in [9.17, 15) is 9.90 Å². The molecule has 98 valence electrons. The number of nitrogens with zero attached hydrogens (tertiary/aromatic N) is 2. The van der Waals surface area contributed by atoms with E-state index < -0.39 is 0 Å². The highest BCUT2D eigenvalue weighted by Gasteiger charge is 2.16. The zero-order valence-electron chi connectivity index (χ0n) is 10.6. The Bertz CT molecular complexity index is 659. The van der Waals surface area contributed by atoms with Gasteiger partial charge in [0.05, 0.1) is 5.69 Å². The molecule has 0 saturated carbocycles. The maximum atomic E-state index is 11.9. The van der Waals surface area contributed by atoms with Gasteiger partial charge >= 0.3 is 0 Å². The first-order chi connectivity index (χ1) is 9.00. The second kappa shape index (κ2) is 5.28. The highest BCUT2D eigenvalue weighted by Crippen LogP contribution is 2.22. The Labute approximate surface area is 115 Å². The fourth-order valence-corrected chi connectivity index (χ4v) is 1.82. The van der Waals surface area contributed by atoms with Crippen molar-refractivity contribution in [3.63, 3.8) is 0 Å². The van der Waals surface area contributed by atoms with E-state index in [0.717, 1.165) is 5.56 Å². The average molecular weight is 277 g/mol. The average Bonchev–Trinajstić information content (AvgIpc) is 2.65. The van der Waals surface area contributed by atoms with E-state index in [1.165, 1.54) is 10.8 Å². The molecule has 0 fully saturated rings. The van der Waals surface area contributed by atoms with E-state index in [2.05, 4.69) is 5.10 Å². The molecule has 0 amide bonds. The van der Waals surface area contributed by atoms with Crippen LogP contribution in [0.3, 0.4) is 0 Å². The minimum Gasteiger partial charge on any atom is -0.504 e. The van der Waals surface area contributed by atoms with Crippen molar-refractivity contribution in [3.8, 4) is 5.75 Å². The van der Waals surface area contributed by atoms with Crippen LogP contribution in [0, 0.1) is 6.92 Å². The molecule has 5 heteroatoms. The second-order valence-electron chi connectivity index (χ2n) is 4.13. The summed E-state index contributed by atoms with van der Waals surface area (Å²) in [5, 5.41) is 14.3. The van der Waals surface area contributed by atoms with Crippen molar-refractivity contribution >= 4 is 23.5 Å². The monoisotopic (exact) mass is 276 g/mol. The number of carbonyl (C=O) groups excluding carboxylic acids is 1. The Morgan fingerprint density at radius 3 is 2.68 bits per heavy atom. The van der Waals surface area contributed by atoms with Crippen molar-refractivity contribution < 1.29 is 9.90 Å². The Kier molecular flexibility index (Phi) is 3.71. The standard InChI is InChI=1S/C14H13ClN2O2/c1-9-14(19)13(16-17(9)2)12(18)8-7-10-5-3-4-6-11(10)15/h3-8,19H,1-2H3. The predicted octanol–water partition coefficient (Wildman–Crippen LogP) is 2.98. The number of allylic oxidation sites excluding steroid dienone is 1. The zero-order valence-corrected chi connectivity index (χ0v) is 11.3. The third-order valence-electron chi connectivity index (χ3n) is 2.86. The highest BCUT2D eigenvalue weighted by atomic mass is 35.5. The van der Waals surface area contributed by atoms with Gasteiger partial charge in [-0.05, 0) is 30.7 Å². The molecule has 19 heavy (non-hydrogen) atoms. The van der Waals surface area contributed by atoms with Gasteiger partial charge in [-0.15, -0.1) is 0 Å². The van der Waals surface area contributed by atoms with Crippen LogP contribution in [0.1, 0.15) is 21.7 Å². The molecule has 0 atom stereocenters. The number of hydrogen-bond acceptors (Lipinski definition) is 3. The Morgan fingerprint density at radius 2 is 2.11 bits per heavy atom. The van der Waals surface area contributed by atoms with Gasteiger partial charge in [-0.25, -0.2) is 0 Å². The first-order valence-electron chi connectivity index (χ1n) is 5.70. The van der Waals surface area contributed by atoms with Crippen LogP contribution in [0.4, 0.5) is 0 Å². The summed E-state index contributed by atoms with van der Waals surface area (Å²) in [6, 6.07) is 7.19. The lowest BCUT2D eigenvalue weighted by molar-refractivity contribution is 0.104. The lowest BCUT2D eigenvalue weighted by Gasteiger charge is -1.96. The SMILES string of the molecule is Cc1c(O)c(C(=O)C=Cc2ccccc2Cl)nn1C. The lowest BCUT2D eigenvalue weighted by Crippen LogP contribution is -1.98.